The molecule has 0 aliphatic carbocycles. The van der Waals surface area contributed by atoms with Gasteiger partial charge in [-0.05, 0) is 23.3 Å². The number of oxime groups is 1. The molecule has 25 heavy (non-hydrogen) atoms. The Morgan fingerprint density at radius 2 is 1.92 bits per heavy atom. The van der Waals surface area contributed by atoms with Gasteiger partial charge in [-0.2, -0.15) is 0 Å². The summed E-state index contributed by atoms with van der Waals surface area (Å²) < 4.78 is 0. The predicted octanol–water partition coefficient (Wildman–Crippen LogP) is 4.27. The molecule has 5 heteroatoms. The summed E-state index contributed by atoms with van der Waals surface area (Å²) in [5, 5.41) is 4.89. The van der Waals surface area contributed by atoms with Crippen molar-refractivity contribution in [3.05, 3.63) is 70.7 Å². The number of hydrogen-bond donors (Lipinski definition) is 0. The quantitative estimate of drug-likeness (QED) is 0.775. The van der Waals surface area contributed by atoms with Crippen molar-refractivity contribution in [3.8, 4) is 0 Å². The minimum atomic E-state index is -0.120. The van der Waals surface area contributed by atoms with Crippen LogP contribution in [0.15, 0.2) is 59.8 Å². The van der Waals surface area contributed by atoms with E-state index in [0.29, 0.717) is 31.0 Å². The van der Waals surface area contributed by atoms with E-state index in [9.17, 15) is 4.79 Å². The highest BCUT2D eigenvalue weighted by Gasteiger charge is 2.26. The Labute approximate surface area is 153 Å². The molecule has 0 fully saturated rings. The molecular formula is C20H21ClN2O2. The standard InChI is InChI=1S/C20H21ClN2O2/c1-2-20(24)23(13-15-6-4-3-5-7-15)14-18-12-19(22-25-18)16-8-10-17(21)11-9-16/h3-11,18H,2,12-14H2,1H3/t18-/m1/s1. The zero-order valence-corrected chi connectivity index (χ0v) is 14.9. The first-order valence-electron chi connectivity index (χ1n) is 8.46. The number of rotatable bonds is 6. The lowest BCUT2D eigenvalue weighted by Crippen LogP contribution is -2.36. The highest BCUT2D eigenvalue weighted by Crippen LogP contribution is 2.20. The molecule has 0 saturated carbocycles. The van der Waals surface area contributed by atoms with Gasteiger partial charge in [0.2, 0.25) is 5.91 Å². The molecule has 0 bridgehead atoms. The van der Waals surface area contributed by atoms with Crippen molar-refractivity contribution in [1.29, 1.82) is 0 Å². The highest BCUT2D eigenvalue weighted by molar-refractivity contribution is 6.30. The van der Waals surface area contributed by atoms with Crippen molar-refractivity contribution in [1.82, 2.24) is 4.90 Å². The topological polar surface area (TPSA) is 41.9 Å². The zero-order valence-electron chi connectivity index (χ0n) is 14.2. The van der Waals surface area contributed by atoms with Crippen LogP contribution in [0, 0.1) is 0 Å². The number of benzene rings is 2. The Morgan fingerprint density at radius 1 is 1.20 bits per heavy atom. The van der Waals surface area contributed by atoms with E-state index in [-0.39, 0.29) is 12.0 Å². The first-order valence-corrected chi connectivity index (χ1v) is 8.84. The molecule has 4 nitrogen and oxygen atoms in total. The van der Waals surface area contributed by atoms with Crippen LogP contribution in [0.4, 0.5) is 0 Å². The molecule has 1 amide bonds. The Bertz CT molecular complexity index is 744. The van der Waals surface area contributed by atoms with Gasteiger partial charge in [-0.1, -0.05) is 66.1 Å². The van der Waals surface area contributed by atoms with E-state index >= 15 is 0 Å². The molecule has 3 rings (SSSR count). The van der Waals surface area contributed by atoms with Crippen LogP contribution < -0.4 is 0 Å². The van der Waals surface area contributed by atoms with Crippen molar-refractivity contribution in [2.24, 2.45) is 5.16 Å². The minimum Gasteiger partial charge on any atom is -0.390 e. The second-order valence-electron chi connectivity index (χ2n) is 6.09. The van der Waals surface area contributed by atoms with Crippen LogP contribution >= 0.6 is 11.6 Å². The summed E-state index contributed by atoms with van der Waals surface area (Å²) in [5.41, 5.74) is 3.01. The molecule has 1 aliphatic rings. The van der Waals surface area contributed by atoms with Crippen molar-refractivity contribution < 1.29 is 9.63 Å². The van der Waals surface area contributed by atoms with E-state index in [1.165, 1.54) is 0 Å². The predicted molar refractivity (Wildman–Crippen MR) is 99.6 cm³/mol. The number of carbonyl (C=O) groups is 1. The lowest BCUT2D eigenvalue weighted by molar-refractivity contribution is -0.133. The molecule has 2 aromatic rings. The van der Waals surface area contributed by atoms with Crippen molar-refractivity contribution in [2.75, 3.05) is 6.54 Å². The average molecular weight is 357 g/mol. The van der Waals surface area contributed by atoms with Gasteiger partial charge >= 0.3 is 0 Å². The number of nitrogens with zero attached hydrogens (tertiary/aromatic N) is 2. The third-order valence-corrected chi connectivity index (χ3v) is 4.46. The fourth-order valence-corrected chi connectivity index (χ4v) is 2.99. The number of carbonyl (C=O) groups excluding carboxylic acids is 1. The lowest BCUT2D eigenvalue weighted by Gasteiger charge is -2.24. The van der Waals surface area contributed by atoms with Gasteiger partial charge in [-0.25, -0.2) is 0 Å². The van der Waals surface area contributed by atoms with E-state index in [1.54, 1.807) is 0 Å². The molecule has 0 N–H and O–H groups in total. The Balaban J connectivity index is 1.63. The summed E-state index contributed by atoms with van der Waals surface area (Å²) in [6.45, 7) is 3.00. The van der Waals surface area contributed by atoms with E-state index < -0.39 is 0 Å². The van der Waals surface area contributed by atoms with Gasteiger partial charge in [0.25, 0.3) is 0 Å². The van der Waals surface area contributed by atoms with Gasteiger partial charge in [0.15, 0.2) is 6.10 Å². The van der Waals surface area contributed by atoms with Crippen LogP contribution in [0.25, 0.3) is 0 Å². The summed E-state index contributed by atoms with van der Waals surface area (Å²) >= 11 is 5.93. The van der Waals surface area contributed by atoms with Crippen molar-refractivity contribution >= 4 is 23.2 Å². The fraction of sp³-hybridized carbons (Fsp3) is 0.300. The third kappa shape index (κ3) is 4.60. The van der Waals surface area contributed by atoms with Gasteiger partial charge in [0, 0.05) is 24.4 Å². The Morgan fingerprint density at radius 3 is 2.60 bits per heavy atom. The van der Waals surface area contributed by atoms with Crippen molar-refractivity contribution in [2.45, 2.75) is 32.4 Å². The van der Waals surface area contributed by atoms with Crippen LogP contribution in [0.3, 0.4) is 0 Å². The summed E-state index contributed by atoms with van der Waals surface area (Å²) in [5.74, 6) is 0.118. The van der Waals surface area contributed by atoms with E-state index in [4.69, 9.17) is 16.4 Å². The maximum atomic E-state index is 12.3. The van der Waals surface area contributed by atoms with E-state index in [0.717, 1.165) is 16.8 Å². The number of hydrogen-bond acceptors (Lipinski definition) is 3. The summed E-state index contributed by atoms with van der Waals surface area (Å²) in [4.78, 5) is 19.7. The molecule has 2 aromatic carbocycles. The largest absolute Gasteiger partial charge is 0.390 e. The minimum absolute atomic E-state index is 0.118. The Hall–Kier alpha value is -2.33. The number of amides is 1. The molecule has 0 saturated heterocycles. The highest BCUT2D eigenvalue weighted by atomic mass is 35.5. The Kier molecular flexibility index (Phi) is 5.71. The van der Waals surface area contributed by atoms with E-state index in [1.807, 2.05) is 66.4 Å². The monoisotopic (exact) mass is 356 g/mol. The maximum Gasteiger partial charge on any atom is 0.222 e. The van der Waals surface area contributed by atoms with Gasteiger partial charge in [0.05, 0.1) is 12.3 Å². The molecule has 0 spiro atoms. The van der Waals surface area contributed by atoms with Gasteiger partial charge in [0.1, 0.15) is 0 Å². The summed E-state index contributed by atoms with van der Waals surface area (Å²) in [6.07, 6.45) is 1.04. The average Bonchev–Trinajstić information content (AvgIpc) is 3.10. The fourth-order valence-electron chi connectivity index (χ4n) is 2.87. The van der Waals surface area contributed by atoms with Crippen LogP contribution in [0.2, 0.25) is 5.02 Å². The zero-order chi connectivity index (χ0) is 17.6. The smallest absolute Gasteiger partial charge is 0.222 e. The van der Waals surface area contributed by atoms with Gasteiger partial charge in [-0.15, -0.1) is 0 Å². The second kappa shape index (κ2) is 8.17. The maximum absolute atomic E-state index is 12.3. The normalized spacial score (nSPS) is 16.2. The SMILES string of the molecule is CCC(=O)N(Cc1ccccc1)C[C@H]1CC(c2ccc(Cl)cc2)=NO1. The second-order valence-corrected chi connectivity index (χ2v) is 6.53. The van der Waals surface area contributed by atoms with Crippen LogP contribution in [-0.4, -0.2) is 29.2 Å². The summed E-state index contributed by atoms with van der Waals surface area (Å²) in [7, 11) is 0. The molecule has 0 unspecified atom stereocenters. The molecule has 0 radical (unpaired) electrons. The van der Waals surface area contributed by atoms with Gasteiger partial charge in [-0.3, -0.25) is 4.79 Å². The molecule has 1 atom stereocenters. The van der Waals surface area contributed by atoms with Crippen LogP contribution in [0.5, 0.6) is 0 Å². The summed E-state index contributed by atoms with van der Waals surface area (Å²) in [6, 6.07) is 17.6. The number of halogens is 1. The first-order chi connectivity index (χ1) is 12.2. The molecule has 0 aromatic heterocycles. The van der Waals surface area contributed by atoms with E-state index in [2.05, 4.69) is 5.16 Å². The first kappa shape index (κ1) is 17.5. The molecular weight excluding hydrogens is 336 g/mol. The van der Waals surface area contributed by atoms with Crippen LogP contribution in [0.1, 0.15) is 30.9 Å². The van der Waals surface area contributed by atoms with Crippen LogP contribution in [-0.2, 0) is 16.2 Å². The van der Waals surface area contributed by atoms with Crippen molar-refractivity contribution in [3.63, 3.8) is 0 Å². The van der Waals surface area contributed by atoms with Gasteiger partial charge < -0.3 is 9.74 Å². The molecule has 130 valence electrons. The molecule has 1 aliphatic heterocycles. The third-order valence-electron chi connectivity index (χ3n) is 4.21. The molecule has 1 heterocycles. The lowest BCUT2D eigenvalue weighted by atomic mass is 10.0.